The molecule has 2 rings (SSSR count). The first-order valence-corrected chi connectivity index (χ1v) is 7.24. The standard InChI is InChI=1S/C14H18BrNO4/c1-10-8-16(14(17)9-19-6-5-18-2)12-7-11(15)3-4-13(12)20-10/h3-4,7,10H,5-6,8-9H2,1-2H3/t10-/m1/s1. The molecule has 0 bridgehead atoms. The van der Waals surface area contributed by atoms with Crippen LogP contribution in [-0.4, -0.2) is 45.5 Å². The van der Waals surface area contributed by atoms with E-state index in [1.54, 1.807) is 12.0 Å². The second kappa shape index (κ2) is 7.06. The molecule has 1 aromatic rings. The fourth-order valence-corrected chi connectivity index (χ4v) is 2.38. The highest BCUT2D eigenvalue weighted by molar-refractivity contribution is 9.10. The number of hydrogen-bond acceptors (Lipinski definition) is 4. The highest BCUT2D eigenvalue weighted by Gasteiger charge is 2.27. The number of methoxy groups -OCH3 is 1. The number of nitrogens with zero attached hydrogens (tertiary/aromatic N) is 1. The molecule has 0 saturated heterocycles. The minimum Gasteiger partial charge on any atom is -0.487 e. The molecule has 1 amide bonds. The monoisotopic (exact) mass is 343 g/mol. The van der Waals surface area contributed by atoms with Crippen molar-refractivity contribution in [1.29, 1.82) is 0 Å². The average Bonchev–Trinajstić information content (AvgIpc) is 2.43. The number of anilines is 1. The first-order chi connectivity index (χ1) is 9.61. The molecule has 0 aliphatic carbocycles. The molecule has 0 radical (unpaired) electrons. The molecule has 0 N–H and O–H groups in total. The zero-order valence-corrected chi connectivity index (χ0v) is 13.2. The summed E-state index contributed by atoms with van der Waals surface area (Å²) in [6.45, 7) is 3.40. The van der Waals surface area contributed by atoms with Crippen molar-refractivity contribution in [1.82, 2.24) is 0 Å². The molecule has 110 valence electrons. The lowest BCUT2D eigenvalue weighted by Gasteiger charge is -2.33. The Hall–Kier alpha value is -1.11. The lowest BCUT2D eigenvalue weighted by molar-refractivity contribution is -0.124. The van der Waals surface area contributed by atoms with Gasteiger partial charge in [-0.3, -0.25) is 4.79 Å². The lowest BCUT2D eigenvalue weighted by atomic mass is 10.2. The van der Waals surface area contributed by atoms with Crippen molar-refractivity contribution in [2.24, 2.45) is 0 Å². The molecule has 20 heavy (non-hydrogen) atoms. The molecule has 0 spiro atoms. The summed E-state index contributed by atoms with van der Waals surface area (Å²) in [5.74, 6) is 0.646. The number of fused-ring (bicyclic) bond motifs is 1. The third-order valence-corrected chi connectivity index (χ3v) is 3.43. The normalized spacial score (nSPS) is 17.6. The van der Waals surface area contributed by atoms with Crippen molar-refractivity contribution < 1.29 is 19.0 Å². The van der Waals surface area contributed by atoms with Crippen molar-refractivity contribution in [2.45, 2.75) is 13.0 Å². The van der Waals surface area contributed by atoms with E-state index in [9.17, 15) is 4.79 Å². The lowest BCUT2D eigenvalue weighted by Crippen LogP contribution is -2.44. The van der Waals surface area contributed by atoms with Crippen LogP contribution in [0.1, 0.15) is 6.92 Å². The second-order valence-electron chi connectivity index (χ2n) is 4.59. The average molecular weight is 344 g/mol. The van der Waals surface area contributed by atoms with Gasteiger partial charge in [0.25, 0.3) is 5.91 Å². The summed E-state index contributed by atoms with van der Waals surface area (Å²) in [5, 5.41) is 0. The predicted octanol–water partition coefficient (Wildman–Crippen LogP) is 2.23. The summed E-state index contributed by atoms with van der Waals surface area (Å²) in [4.78, 5) is 14.0. The first-order valence-electron chi connectivity index (χ1n) is 6.45. The third kappa shape index (κ3) is 3.71. The smallest absolute Gasteiger partial charge is 0.253 e. The fraction of sp³-hybridized carbons (Fsp3) is 0.500. The van der Waals surface area contributed by atoms with Crippen LogP contribution in [0, 0.1) is 0 Å². The predicted molar refractivity (Wildman–Crippen MR) is 79.3 cm³/mol. The van der Waals surface area contributed by atoms with Crippen LogP contribution in [0.3, 0.4) is 0 Å². The van der Waals surface area contributed by atoms with E-state index in [4.69, 9.17) is 14.2 Å². The third-order valence-electron chi connectivity index (χ3n) is 2.94. The number of hydrogen-bond donors (Lipinski definition) is 0. The van der Waals surface area contributed by atoms with Gasteiger partial charge < -0.3 is 19.1 Å². The SMILES string of the molecule is COCCOCC(=O)N1C[C@@H](C)Oc2ccc(Br)cc21. The van der Waals surface area contributed by atoms with E-state index >= 15 is 0 Å². The fourth-order valence-electron chi connectivity index (χ4n) is 2.03. The molecule has 0 aromatic heterocycles. The van der Waals surface area contributed by atoms with Crippen LogP contribution >= 0.6 is 15.9 Å². The summed E-state index contributed by atoms with van der Waals surface area (Å²) >= 11 is 3.41. The summed E-state index contributed by atoms with van der Waals surface area (Å²) in [6, 6.07) is 5.64. The Morgan fingerprint density at radius 2 is 2.30 bits per heavy atom. The van der Waals surface area contributed by atoms with Gasteiger partial charge in [0.2, 0.25) is 0 Å². The van der Waals surface area contributed by atoms with Gasteiger partial charge in [-0.1, -0.05) is 15.9 Å². The molecule has 0 fully saturated rings. The number of benzene rings is 1. The Labute approximate surface area is 126 Å². The molecule has 5 nitrogen and oxygen atoms in total. The molecule has 6 heteroatoms. The summed E-state index contributed by atoms with van der Waals surface area (Å²) in [5.41, 5.74) is 0.776. The molecule has 1 aliphatic rings. The van der Waals surface area contributed by atoms with E-state index in [-0.39, 0.29) is 18.6 Å². The minimum atomic E-state index is -0.0735. The number of halogens is 1. The molecule has 0 unspecified atom stereocenters. The van der Waals surface area contributed by atoms with Crippen molar-refractivity contribution in [3.05, 3.63) is 22.7 Å². The van der Waals surface area contributed by atoms with Crippen LogP contribution < -0.4 is 9.64 Å². The van der Waals surface area contributed by atoms with Gasteiger partial charge in [0.1, 0.15) is 18.5 Å². The molecule has 1 heterocycles. The van der Waals surface area contributed by atoms with Crippen LogP contribution in [-0.2, 0) is 14.3 Å². The van der Waals surface area contributed by atoms with Crippen molar-refractivity contribution >= 4 is 27.5 Å². The summed E-state index contributed by atoms with van der Waals surface area (Å²) < 4.78 is 16.8. The number of carbonyl (C=O) groups excluding carboxylic acids is 1. The van der Waals surface area contributed by atoms with Gasteiger partial charge in [-0.05, 0) is 25.1 Å². The van der Waals surface area contributed by atoms with Crippen LogP contribution in [0.2, 0.25) is 0 Å². The number of ether oxygens (including phenoxy) is 3. The van der Waals surface area contributed by atoms with Crippen LogP contribution in [0.15, 0.2) is 22.7 Å². The largest absolute Gasteiger partial charge is 0.487 e. The van der Waals surface area contributed by atoms with E-state index in [1.807, 2.05) is 25.1 Å². The molecular formula is C14H18BrNO4. The Kier molecular flexibility index (Phi) is 5.39. The maximum absolute atomic E-state index is 12.3. The molecule has 1 aromatic carbocycles. The van der Waals surface area contributed by atoms with Gasteiger partial charge in [0.05, 0.1) is 25.4 Å². The molecule has 1 aliphatic heterocycles. The number of carbonyl (C=O) groups is 1. The maximum Gasteiger partial charge on any atom is 0.253 e. The molecular weight excluding hydrogens is 326 g/mol. The van der Waals surface area contributed by atoms with Crippen LogP contribution in [0.25, 0.3) is 0 Å². The Balaban J connectivity index is 2.08. The van der Waals surface area contributed by atoms with Crippen molar-refractivity contribution in [2.75, 3.05) is 38.4 Å². The summed E-state index contributed by atoms with van der Waals surface area (Å²) in [7, 11) is 1.60. The van der Waals surface area contributed by atoms with Gasteiger partial charge in [0, 0.05) is 11.6 Å². The van der Waals surface area contributed by atoms with Gasteiger partial charge in [-0.15, -0.1) is 0 Å². The van der Waals surface area contributed by atoms with Crippen molar-refractivity contribution in [3.8, 4) is 5.75 Å². The van der Waals surface area contributed by atoms with E-state index in [2.05, 4.69) is 15.9 Å². The zero-order chi connectivity index (χ0) is 14.5. The van der Waals surface area contributed by atoms with E-state index in [0.717, 1.165) is 15.9 Å². The topological polar surface area (TPSA) is 48.0 Å². The van der Waals surface area contributed by atoms with E-state index < -0.39 is 0 Å². The van der Waals surface area contributed by atoms with E-state index in [0.29, 0.717) is 19.8 Å². The van der Waals surface area contributed by atoms with Gasteiger partial charge in [0.15, 0.2) is 0 Å². The first kappa shape index (κ1) is 15.3. The van der Waals surface area contributed by atoms with Crippen LogP contribution in [0.4, 0.5) is 5.69 Å². The zero-order valence-electron chi connectivity index (χ0n) is 11.6. The number of amides is 1. The quantitative estimate of drug-likeness (QED) is 0.769. The van der Waals surface area contributed by atoms with Gasteiger partial charge in [-0.25, -0.2) is 0 Å². The molecule has 0 saturated carbocycles. The van der Waals surface area contributed by atoms with Crippen molar-refractivity contribution in [3.63, 3.8) is 0 Å². The maximum atomic E-state index is 12.3. The Morgan fingerprint density at radius 3 is 3.05 bits per heavy atom. The van der Waals surface area contributed by atoms with E-state index in [1.165, 1.54) is 0 Å². The number of rotatable bonds is 5. The molecule has 1 atom stereocenters. The van der Waals surface area contributed by atoms with Gasteiger partial charge >= 0.3 is 0 Å². The summed E-state index contributed by atoms with van der Waals surface area (Å²) in [6.07, 6.45) is -0.0356. The minimum absolute atomic E-state index is 0.0356. The van der Waals surface area contributed by atoms with Crippen LogP contribution in [0.5, 0.6) is 5.75 Å². The highest BCUT2D eigenvalue weighted by atomic mass is 79.9. The Morgan fingerprint density at radius 1 is 1.50 bits per heavy atom. The Bertz CT molecular complexity index is 480. The van der Waals surface area contributed by atoms with Gasteiger partial charge in [-0.2, -0.15) is 0 Å². The second-order valence-corrected chi connectivity index (χ2v) is 5.51. The highest BCUT2D eigenvalue weighted by Crippen LogP contribution is 2.35.